The average molecular weight is 408 g/mol. The van der Waals surface area contributed by atoms with E-state index in [0.29, 0.717) is 17.5 Å². The number of likely N-dealkylation sites (tertiary alicyclic amines) is 1. The molecule has 0 saturated carbocycles. The van der Waals surface area contributed by atoms with Crippen LogP contribution in [0.4, 0.5) is 17.6 Å². The number of alkyl halides is 3. The Labute approximate surface area is 169 Å². The average Bonchev–Trinajstić information content (AvgIpc) is 2.68. The molecule has 1 N–H and O–H groups in total. The van der Waals surface area contributed by atoms with Gasteiger partial charge in [0.05, 0.1) is 5.56 Å². The Morgan fingerprint density at radius 2 is 1.79 bits per heavy atom. The maximum absolute atomic E-state index is 13.8. The third-order valence-corrected chi connectivity index (χ3v) is 5.84. The fourth-order valence-corrected chi connectivity index (χ4v) is 4.07. The smallest absolute Gasteiger partial charge is 0.317 e. The predicted octanol–water partition coefficient (Wildman–Crippen LogP) is 5.69. The van der Waals surface area contributed by atoms with Crippen molar-refractivity contribution in [3.05, 3.63) is 59.4 Å². The molecule has 1 unspecified atom stereocenters. The Hall–Kier alpha value is -1.92. The van der Waals surface area contributed by atoms with Crippen molar-refractivity contribution in [1.82, 2.24) is 10.2 Å². The van der Waals surface area contributed by atoms with Gasteiger partial charge in [-0.3, -0.25) is 4.90 Å². The summed E-state index contributed by atoms with van der Waals surface area (Å²) in [6.45, 7) is 8.38. The summed E-state index contributed by atoms with van der Waals surface area (Å²) in [7, 11) is 0. The van der Waals surface area contributed by atoms with Crippen molar-refractivity contribution in [2.45, 2.75) is 44.8 Å². The van der Waals surface area contributed by atoms with E-state index in [1.165, 1.54) is 12.1 Å². The molecule has 29 heavy (non-hydrogen) atoms. The largest absolute Gasteiger partial charge is 0.419 e. The van der Waals surface area contributed by atoms with Crippen LogP contribution in [0.25, 0.3) is 11.1 Å². The van der Waals surface area contributed by atoms with Crippen molar-refractivity contribution < 1.29 is 17.6 Å². The standard InChI is InChI=1S/C23H28F4N2/c1-3-28-13-4-5-14-29-15-20(16(29)2)18-11-9-17(10-12-18)19-7-6-8-21(24)22(19)23(25,26)27/h6-12,16,20,28H,3-5,13-15H2,1-2H3/t16-,20?/m1/s1. The van der Waals surface area contributed by atoms with Crippen LogP contribution in [0.3, 0.4) is 0 Å². The van der Waals surface area contributed by atoms with Gasteiger partial charge in [-0.2, -0.15) is 13.2 Å². The van der Waals surface area contributed by atoms with Crippen LogP contribution in [0.1, 0.15) is 43.7 Å². The van der Waals surface area contributed by atoms with Gasteiger partial charge < -0.3 is 5.32 Å². The van der Waals surface area contributed by atoms with Crippen molar-refractivity contribution in [2.24, 2.45) is 0 Å². The maximum Gasteiger partial charge on any atom is 0.419 e. The third kappa shape index (κ3) is 4.98. The summed E-state index contributed by atoms with van der Waals surface area (Å²) in [6.07, 6.45) is -2.41. The van der Waals surface area contributed by atoms with E-state index in [0.717, 1.165) is 50.7 Å². The van der Waals surface area contributed by atoms with Gasteiger partial charge in [0.1, 0.15) is 5.82 Å². The Balaban J connectivity index is 1.65. The van der Waals surface area contributed by atoms with E-state index < -0.39 is 17.6 Å². The van der Waals surface area contributed by atoms with Gasteiger partial charge in [-0.1, -0.05) is 43.3 Å². The second kappa shape index (κ2) is 9.26. The van der Waals surface area contributed by atoms with Gasteiger partial charge in [0.2, 0.25) is 0 Å². The van der Waals surface area contributed by atoms with E-state index in [9.17, 15) is 17.6 Å². The molecule has 3 rings (SSSR count). The highest BCUT2D eigenvalue weighted by molar-refractivity contribution is 5.68. The van der Waals surface area contributed by atoms with Crippen molar-refractivity contribution in [1.29, 1.82) is 0 Å². The second-order valence-corrected chi connectivity index (χ2v) is 7.68. The predicted molar refractivity (Wildman–Crippen MR) is 108 cm³/mol. The van der Waals surface area contributed by atoms with Crippen LogP contribution in [-0.2, 0) is 6.18 Å². The first-order valence-electron chi connectivity index (χ1n) is 10.2. The first-order chi connectivity index (χ1) is 13.8. The first-order valence-corrected chi connectivity index (χ1v) is 10.2. The molecule has 0 radical (unpaired) electrons. The zero-order chi connectivity index (χ0) is 21.0. The lowest BCUT2D eigenvalue weighted by atomic mass is 9.82. The molecule has 0 spiro atoms. The molecule has 1 fully saturated rings. The highest BCUT2D eigenvalue weighted by Crippen LogP contribution is 2.40. The second-order valence-electron chi connectivity index (χ2n) is 7.68. The molecule has 0 aromatic heterocycles. The number of nitrogens with one attached hydrogen (secondary N) is 1. The summed E-state index contributed by atoms with van der Waals surface area (Å²) < 4.78 is 53.7. The van der Waals surface area contributed by atoms with E-state index in [1.807, 2.05) is 12.1 Å². The van der Waals surface area contributed by atoms with Gasteiger partial charge in [-0.15, -0.1) is 0 Å². The Morgan fingerprint density at radius 3 is 2.41 bits per heavy atom. The highest BCUT2D eigenvalue weighted by atomic mass is 19.4. The molecule has 1 heterocycles. The lowest BCUT2D eigenvalue weighted by Gasteiger charge is -2.47. The number of benzene rings is 2. The highest BCUT2D eigenvalue weighted by Gasteiger charge is 2.38. The molecule has 0 bridgehead atoms. The van der Waals surface area contributed by atoms with Gasteiger partial charge in [0.15, 0.2) is 0 Å². The molecule has 158 valence electrons. The fourth-order valence-electron chi connectivity index (χ4n) is 4.07. The summed E-state index contributed by atoms with van der Waals surface area (Å²) in [6, 6.07) is 11.0. The molecule has 1 aliphatic rings. The van der Waals surface area contributed by atoms with Gasteiger partial charge in [-0.25, -0.2) is 4.39 Å². The summed E-state index contributed by atoms with van der Waals surface area (Å²) in [5.74, 6) is -0.858. The zero-order valence-corrected chi connectivity index (χ0v) is 16.9. The van der Waals surface area contributed by atoms with E-state index in [2.05, 4.69) is 24.1 Å². The van der Waals surface area contributed by atoms with Crippen LogP contribution in [0.5, 0.6) is 0 Å². The first kappa shape index (κ1) is 21.8. The summed E-state index contributed by atoms with van der Waals surface area (Å²) in [5.41, 5.74) is 0.185. The maximum atomic E-state index is 13.8. The number of halogens is 4. The van der Waals surface area contributed by atoms with E-state index in [4.69, 9.17) is 0 Å². The summed E-state index contributed by atoms with van der Waals surface area (Å²) in [4.78, 5) is 2.44. The molecule has 6 heteroatoms. The minimum Gasteiger partial charge on any atom is -0.317 e. The Bertz CT molecular complexity index is 802. The van der Waals surface area contributed by atoms with Crippen LogP contribution >= 0.6 is 0 Å². The summed E-state index contributed by atoms with van der Waals surface area (Å²) in [5, 5.41) is 3.33. The Kier molecular flexibility index (Phi) is 6.96. The molecular formula is C23H28F4N2. The Morgan fingerprint density at radius 1 is 1.07 bits per heavy atom. The monoisotopic (exact) mass is 408 g/mol. The zero-order valence-electron chi connectivity index (χ0n) is 16.9. The fraction of sp³-hybridized carbons (Fsp3) is 0.478. The number of unbranched alkanes of at least 4 members (excludes halogenated alkanes) is 1. The molecule has 0 aliphatic carbocycles. The van der Waals surface area contributed by atoms with Crippen LogP contribution in [0.15, 0.2) is 42.5 Å². The molecular weight excluding hydrogens is 380 g/mol. The molecule has 0 amide bonds. The normalized spacial score (nSPS) is 19.9. The van der Waals surface area contributed by atoms with Crippen molar-refractivity contribution in [3.8, 4) is 11.1 Å². The van der Waals surface area contributed by atoms with Gasteiger partial charge >= 0.3 is 6.18 Å². The minimum atomic E-state index is -4.73. The van der Waals surface area contributed by atoms with E-state index >= 15 is 0 Å². The van der Waals surface area contributed by atoms with Gasteiger partial charge in [-0.05, 0) is 62.2 Å². The van der Waals surface area contributed by atoms with Crippen LogP contribution in [-0.4, -0.2) is 37.1 Å². The molecule has 2 aromatic carbocycles. The molecule has 1 aliphatic heterocycles. The van der Waals surface area contributed by atoms with Crippen molar-refractivity contribution in [3.63, 3.8) is 0 Å². The molecule has 2 atom stereocenters. The topological polar surface area (TPSA) is 15.3 Å². The minimum absolute atomic E-state index is 0.118. The van der Waals surface area contributed by atoms with Crippen LogP contribution in [0.2, 0.25) is 0 Å². The summed E-state index contributed by atoms with van der Waals surface area (Å²) >= 11 is 0. The van der Waals surface area contributed by atoms with E-state index in [-0.39, 0.29) is 5.56 Å². The quantitative estimate of drug-likeness (QED) is 0.446. The van der Waals surface area contributed by atoms with Crippen molar-refractivity contribution in [2.75, 3.05) is 26.2 Å². The molecule has 2 nitrogen and oxygen atoms in total. The number of hydrogen-bond donors (Lipinski definition) is 1. The number of nitrogens with zero attached hydrogens (tertiary/aromatic N) is 1. The van der Waals surface area contributed by atoms with Crippen LogP contribution < -0.4 is 5.32 Å². The number of rotatable bonds is 8. The molecule has 2 aromatic rings. The lowest BCUT2D eigenvalue weighted by Crippen LogP contribution is -2.53. The van der Waals surface area contributed by atoms with Crippen LogP contribution in [0, 0.1) is 5.82 Å². The van der Waals surface area contributed by atoms with Crippen molar-refractivity contribution >= 4 is 0 Å². The molecule has 1 saturated heterocycles. The van der Waals surface area contributed by atoms with Gasteiger partial charge in [0.25, 0.3) is 0 Å². The lowest BCUT2D eigenvalue weighted by molar-refractivity contribution is -0.139. The SMILES string of the molecule is CCNCCCCN1CC(c2ccc(-c3cccc(F)c3C(F)(F)F)cc2)[C@H]1C. The van der Waals surface area contributed by atoms with E-state index in [1.54, 1.807) is 12.1 Å². The van der Waals surface area contributed by atoms with Gasteiger partial charge in [0, 0.05) is 18.5 Å². The number of hydrogen-bond acceptors (Lipinski definition) is 2. The third-order valence-electron chi connectivity index (χ3n) is 5.84.